The van der Waals surface area contributed by atoms with E-state index in [1.165, 1.54) is 5.57 Å². The Bertz CT molecular complexity index is 483. The van der Waals surface area contributed by atoms with Crippen molar-refractivity contribution in [2.45, 2.75) is 57.7 Å². The van der Waals surface area contributed by atoms with Gasteiger partial charge in [0.15, 0.2) is 0 Å². The number of carboxylic acid groups (broad SMARTS) is 1. The van der Waals surface area contributed by atoms with Gasteiger partial charge in [-0.3, -0.25) is 14.6 Å². The number of hydrogen-bond donors (Lipinski definition) is 3. The van der Waals surface area contributed by atoms with Gasteiger partial charge in [-0.05, 0) is 39.2 Å². The van der Waals surface area contributed by atoms with Crippen molar-refractivity contribution in [3.63, 3.8) is 0 Å². The van der Waals surface area contributed by atoms with Crippen molar-refractivity contribution in [1.82, 2.24) is 20.4 Å². The summed E-state index contributed by atoms with van der Waals surface area (Å²) in [5, 5.41) is 15.0. The Morgan fingerprint density at radius 1 is 1.20 bits per heavy atom. The predicted octanol–water partition coefficient (Wildman–Crippen LogP) is 1.26. The van der Waals surface area contributed by atoms with Crippen LogP contribution in [0.15, 0.2) is 12.2 Å². The zero-order valence-electron chi connectivity index (χ0n) is 15.5. The molecule has 0 aromatic carbocycles. The molecule has 0 aromatic heterocycles. The van der Waals surface area contributed by atoms with Crippen molar-refractivity contribution in [1.29, 1.82) is 0 Å². The number of piperidine rings is 1. The van der Waals surface area contributed by atoms with E-state index in [4.69, 9.17) is 5.11 Å². The number of likely N-dealkylation sites (tertiary alicyclic amines) is 1. The van der Waals surface area contributed by atoms with E-state index in [0.29, 0.717) is 0 Å². The number of nitrogens with zero attached hydrogens (tertiary/aromatic N) is 2. The van der Waals surface area contributed by atoms with Crippen molar-refractivity contribution in [3.8, 4) is 0 Å². The van der Waals surface area contributed by atoms with Gasteiger partial charge in [-0.1, -0.05) is 19.1 Å². The standard InChI is InChI=1S/C18H32N4O3/c1-4-22(12-17(23)24)16-9-15(10-16)20-18(25)19-14-5-7-21(8-6-14)11-13(2)3/h14-16H,2,4-12H2,1,3H3,(H,23,24)(H2,19,20,25). The summed E-state index contributed by atoms with van der Waals surface area (Å²) in [4.78, 5) is 27.3. The minimum absolute atomic E-state index is 0.0723. The molecule has 1 aliphatic carbocycles. The van der Waals surface area contributed by atoms with Gasteiger partial charge in [-0.15, -0.1) is 0 Å². The molecule has 0 radical (unpaired) electrons. The summed E-state index contributed by atoms with van der Waals surface area (Å²) in [6, 6.07) is 0.549. The van der Waals surface area contributed by atoms with Crippen LogP contribution >= 0.6 is 0 Å². The molecular formula is C18H32N4O3. The topological polar surface area (TPSA) is 84.9 Å². The number of carboxylic acids is 1. The first-order valence-corrected chi connectivity index (χ1v) is 9.27. The molecule has 1 aliphatic heterocycles. The molecule has 7 heteroatoms. The Morgan fingerprint density at radius 2 is 1.80 bits per heavy atom. The number of likely N-dealkylation sites (N-methyl/N-ethyl adjacent to an activating group) is 1. The number of urea groups is 1. The lowest BCUT2D eigenvalue weighted by Gasteiger charge is -2.42. The van der Waals surface area contributed by atoms with Crippen LogP contribution in [0.2, 0.25) is 0 Å². The van der Waals surface area contributed by atoms with Gasteiger partial charge in [-0.25, -0.2) is 4.79 Å². The molecule has 0 spiro atoms. The molecule has 1 heterocycles. The molecule has 3 N–H and O–H groups in total. The highest BCUT2D eigenvalue weighted by Crippen LogP contribution is 2.25. The number of rotatable bonds is 8. The van der Waals surface area contributed by atoms with E-state index in [1.54, 1.807) is 0 Å². The third-order valence-electron chi connectivity index (χ3n) is 5.13. The van der Waals surface area contributed by atoms with E-state index in [2.05, 4.69) is 22.1 Å². The van der Waals surface area contributed by atoms with Crippen LogP contribution < -0.4 is 10.6 Å². The third kappa shape index (κ3) is 6.32. The van der Waals surface area contributed by atoms with Gasteiger partial charge in [0.1, 0.15) is 0 Å². The van der Waals surface area contributed by atoms with E-state index < -0.39 is 5.97 Å². The maximum absolute atomic E-state index is 12.1. The summed E-state index contributed by atoms with van der Waals surface area (Å²) in [6.45, 7) is 11.7. The molecule has 2 rings (SSSR count). The SMILES string of the molecule is C=C(C)CN1CCC(NC(=O)NC2CC(N(CC)CC(=O)O)C2)CC1. The fourth-order valence-electron chi connectivity index (χ4n) is 3.71. The van der Waals surface area contributed by atoms with Crippen LogP contribution in [0.25, 0.3) is 0 Å². The summed E-state index contributed by atoms with van der Waals surface area (Å²) in [5.41, 5.74) is 1.17. The lowest BCUT2D eigenvalue weighted by molar-refractivity contribution is -0.139. The van der Waals surface area contributed by atoms with Gasteiger partial charge in [0, 0.05) is 37.8 Å². The highest BCUT2D eigenvalue weighted by Gasteiger charge is 2.35. The molecule has 142 valence electrons. The zero-order chi connectivity index (χ0) is 18.4. The molecule has 1 saturated carbocycles. The maximum Gasteiger partial charge on any atom is 0.317 e. The van der Waals surface area contributed by atoms with Crippen molar-refractivity contribution >= 4 is 12.0 Å². The van der Waals surface area contributed by atoms with E-state index in [0.717, 1.165) is 51.9 Å². The minimum atomic E-state index is -0.797. The number of carbonyl (C=O) groups excluding carboxylic acids is 1. The zero-order valence-corrected chi connectivity index (χ0v) is 15.5. The largest absolute Gasteiger partial charge is 0.480 e. The van der Waals surface area contributed by atoms with Crippen molar-refractivity contribution in [3.05, 3.63) is 12.2 Å². The first-order chi connectivity index (χ1) is 11.9. The molecular weight excluding hydrogens is 320 g/mol. The van der Waals surface area contributed by atoms with Gasteiger partial charge in [0.2, 0.25) is 0 Å². The molecule has 25 heavy (non-hydrogen) atoms. The second-order valence-electron chi connectivity index (χ2n) is 7.40. The average Bonchev–Trinajstić information content (AvgIpc) is 2.49. The lowest BCUT2D eigenvalue weighted by Crippen LogP contribution is -2.57. The summed E-state index contributed by atoms with van der Waals surface area (Å²) in [7, 11) is 0. The molecule has 2 aliphatic rings. The van der Waals surface area contributed by atoms with Crippen LogP contribution in [0.4, 0.5) is 4.79 Å². The summed E-state index contributed by atoms with van der Waals surface area (Å²) < 4.78 is 0. The Kier molecular flexibility index (Phi) is 7.25. The van der Waals surface area contributed by atoms with Crippen LogP contribution in [0.5, 0.6) is 0 Å². The Morgan fingerprint density at radius 3 is 2.32 bits per heavy atom. The van der Waals surface area contributed by atoms with Gasteiger partial charge >= 0.3 is 12.0 Å². The van der Waals surface area contributed by atoms with E-state index in [9.17, 15) is 9.59 Å². The number of amides is 2. The monoisotopic (exact) mass is 352 g/mol. The van der Waals surface area contributed by atoms with Crippen LogP contribution in [0.3, 0.4) is 0 Å². The summed E-state index contributed by atoms with van der Waals surface area (Å²) in [6.07, 6.45) is 3.59. The highest BCUT2D eigenvalue weighted by molar-refractivity contribution is 5.74. The molecule has 7 nitrogen and oxygen atoms in total. The Labute approximate surface area is 150 Å². The van der Waals surface area contributed by atoms with Crippen LogP contribution in [0, 0.1) is 0 Å². The Balaban J connectivity index is 1.62. The quantitative estimate of drug-likeness (QED) is 0.573. The maximum atomic E-state index is 12.1. The molecule has 2 amide bonds. The molecule has 0 unspecified atom stereocenters. The molecule has 1 saturated heterocycles. The predicted molar refractivity (Wildman–Crippen MR) is 97.6 cm³/mol. The fraction of sp³-hybridized carbons (Fsp3) is 0.778. The number of aliphatic carboxylic acids is 1. The normalized spacial score (nSPS) is 24.6. The highest BCUT2D eigenvalue weighted by atomic mass is 16.4. The lowest BCUT2D eigenvalue weighted by atomic mass is 9.85. The summed E-state index contributed by atoms with van der Waals surface area (Å²) >= 11 is 0. The smallest absolute Gasteiger partial charge is 0.317 e. The molecule has 0 atom stereocenters. The first-order valence-electron chi connectivity index (χ1n) is 9.27. The molecule has 2 fully saturated rings. The van der Waals surface area contributed by atoms with Gasteiger partial charge in [-0.2, -0.15) is 0 Å². The molecule has 0 bridgehead atoms. The number of nitrogens with one attached hydrogen (secondary N) is 2. The average molecular weight is 352 g/mol. The fourth-order valence-corrected chi connectivity index (χ4v) is 3.71. The van der Waals surface area contributed by atoms with E-state index in [1.807, 2.05) is 18.7 Å². The van der Waals surface area contributed by atoms with Gasteiger partial charge < -0.3 is 15.7 Å². The van der Waals surface area contributed by atoms with Crippen LogP contribution in [0.1, 0.15) is 39.5 Å². The summed E-state index contributed by atoms with van der Waals surface area (Å²) in [5.74, 6) is -0.797. The first kappa shape index (κ1) is 19.7. The van der Waals surface area contributed by atoms with E-state index >= 15 is 0 Å². The van der Waals surface area contributed by atoms with Gasteiger partial charge in [0.25, 0.3) is 0 Å². The van der Waals surface area contributed by atoms with Crippen LogP contribution in [-0.2, 0) is 4.79 Å². The van der Waals surface area contributed by atoms with Crippen LogP contribution in [-0.4, -0.2) is 77.8 Å². The van der Waals surface area contributed by atoms with Crippen molar-refractivity contribution < 1.29 is 14.7 Å². The van der Waals surface area contributed by atoms with Gasteiger partial charge in [0.05, 0.1) is 6.54 Å². The second kappa shape index (κ2) is 9.20. The number of hydrogen-bond acceptors (Lipinski definition) is 4. The third-order valence-corrected chi connectivity index (χ3v) is 5.13. The molecule has 0 aromatic rings. The second-order valence-corrected chi connectivity index (χ2v) is 7.40. The Hall–Kier alpha value is -1.60. The minimum Gasteiger partial charge on any atom is -0.480 e. The van der Waals surface area contributed by atoms with Crippen molar-refractivity contribution in [2.75, 3.05) is 32.7 Å². The number of carbonyl (C=O) groups is 2. The van der Waals surface area contributed by atoms with E-state index in [-0.39, 0.29) is 30.7 Å². The van der Waals surface area contributed by atoms with Crippen molar-refractivity contribution in [2.24, 2.45) is 0 Å².